The Morgan fingerprint density at radius 3 is 1.02 bits per heavy atom. The van der Waals surface area contributed by atoms with E-state index in [1.165, 1.54) is 29.5 Å². The van der Waals surface area contributed by atoms with Crippen molar-refractivity contribution in [1.82, 2.24) is 10.6 Å². The number of aryl methyl sites for hydroxylation is 4. The Labute approximate surface area is 553 Å². The first-order valence-electron chi connectivity index (χ1n) is 34.1. The molecule has 0 bridgehead atoms. The summed E-state index contributed by atoms with van der Waals surface area (Å²) in [6, 6.07) is 37.7. The molecule has 10 nitrogen and oxygen atoms in total. The van der Waals surface area contributed by atoms with Gasteiger partial charge in [0.2, 0.25) is 11.8 Å². The average Bonchev–Trinajstić information content (AvgIpc) is 1.74. The van der Waals surface area contributed by atoms with Crippen LogP contribution in [-0.4, -0.2) is 93.5 Å². The van der Waals surface area contributed by atoms with Gasteiger partial charge in [-0.3, -0.25) is 14.4 Å². The number of Topliss-reactive ketones (excluding diaryl/α,β-unsaturated/α-hetero) is 1. The van der Waals surface area contributed by atoms with Gasteiger partial charge in [-0.05, 0) is 165 Å². The molecule has 4 aromatic rings. The highest BCUT2D eigenvalue weighted by Gasteiger charge is 2.46. The second-order valence-corrected chi connectivity index (χ2v) is 51.6. The number of aliphatic hydroxyl groups is 1. The fraction of sp³-hybridized carbons (Fsp3) is 0.645. The Balaban J connectivity index is 0.000000470. The fourth-order valence-electron chi connectivity index (χ4n) is 9.65. The minimum Gasteiger partial charge on any atom is -0.414 e. The van der Waals surface area contributed by atoms with Crippen LogP contribution in [0.5, 0.6) is 0 Å². The van der Waals surface area contributed by atoms with Crippen molar-refractivity contribution in [2.75, 3.05) is 26.4 Å². The zero-order valence-electron chi connectivity index (χ0n) is 60.9. The van der Waals surface area contributed by atoms with Gasteiger partial charge in [-0.25, -0.2) is 0 Å². The Morgan fingerprint density at radius 1 is 0.400 bits per heavy atom. The summed E-state index contributed by atoms with van der Waals surface area (Å²) in [7, 11) is -8.27. The molecule has 0 spiro atoms. The summed E-state index contributed by atoms with van der Waals surface area (Å²) in [5, 5.41) is 17.7. The standard InChI is InChI=1S/C38H65NO4Si2.C38H63NO4Si2/c2*1-31(40)39-38(29-42-44(8,9)36(2,3)4,30-43-45(10,11)37(5,6)7)28-27-33-23-25-34(26-24-33)35(41)22-18-13-12-15-19-32-20-16-14-17-21-32/h14,16-17,20-21,23-26,35,41H,12-13,15,18-19,22,27-30H2,1-11H3,(H,39,40);14,16-17,20-21,23-26H,12-13,15,18-19,22,27-30H2,1-11H3,(H,39,40). The van der Waals surface area contributed by atoms with Crippen LogP contribution in [-0.2, 0) is 53.0 Å². The van der Waals surface area contributed by atoms with Gasteiger partial charge in [0, 0.05) is 25.8 Å². The molecule has 0 aromatic heterocycles. The van der Waals surface area contributed by atoms with E-state index in [1.54, 1.807) is 13.8 Å². The quantitative estimate of drug-likeness (QED) is 0.0233. The molecule has 1 atom stereocenters. The van der Waals surface area contributed by atoms with Gasteiger partial charge in [0.05, 0.1) is 43.6 Å². The van der Waals surface area contributed by atoms with Crippen LogP contribution in [0.3, 0.4) is 0 Å². The topological polar surface area (TPSA) is 132 Å². The molecule has 0 heterocycles. The molecule has 3 N–H and O–H groups in total. The second-order valence-electron chi connectivity index (χ2n) is 32.3. The number of hydrogen-bond acceptors (Lipinski definition) is 8. The van der Waals surface area contributed by atoms with Crippen molar-refractivity contribution in [1.29, 1.82) is 0 Å². The number of hydrogen-bond donors (Lipinski definition) is 3. The van der Waals surface area contributed by atoms with Crippen LogP contribution < -0.4 is 10.6 Å². The number of benzene rings is 4. The summed E-state index contributed by atoms with van der Waals surface area (Å²) in [4.78, 5) is 38.1. The maximum Gasteiger partial charge on any atom is 0.217 e. The summed E-state index contributed by atoms with van der Waals surface area (Å²) in [6.45, 7) is 49.8. The minimum absolute atomic E-state index is 0.0553. The summed E-state index contributed by atoms with van der Waals surface area (Å²) in [5.74, 6) is 0.0719. The number of amides is 2. The lowest BCUT2D eigenvalue weighted by molar-refractivity contribution is -0.123. The monoisotopic (exact) mass is 1310 g/mol. The summed E-state index contributed by atoms with van der Waals surface area (Å²) in [5.41, 5.74) is 5.58. The number of nitrogens with one attached hydrogen (secondary N) is 2. The number of rotatable bonds is 36. The Morgan fingerprint density at radius 2 is 0.700 bits per heavy atom. The summed E-state index contributed by atoms with van der Waals surface area (Å²) >= 11 is 0. The average molecular weight is 1310 g/mol. The third-order valence-corrected chi connectivity index (χ3v) is 38.3. The SMILES string of the molecule is CC(=O)NC(CCc1ccc(C(=O)CCCCCCc2ccccc2)cc1)(CO[Si](C)(C)C(C)(C)C)CO[Si](C)(C)C(C)(C)C.CC(=O)NC(CCc1ccc(C(O)CCCCCCc2ccccc2)cc1)(CO[Si](C)(C)C(C)(C)C)CO[Si](C)(C)C(C)(C)C. The summed E-state index contributed by atoms with van der Waals surface area (Å²) in [6.07, 6.45) is 14.9. The van der Waals surface area contributed by atoms with E-state index < -0.39 is 50.5 Å². The molecule has 0 saturated carbocycles. The molecule has 506 valence electrons. The Hall–Kier alpha value is -3.84. The van der Waals surface area contributed by atoms with Gasteiger partial charge in [-0.15, -0.1) is 0 Å². The normalized spacial score (nSPS) is 13.5. The number of ketones is 1. The van der Waals surface area contributed by atoms with E-state index >= 15 is 0 Å². The van der Waals surface area contributed by atoms with Crippen molar-refractivity contribution < 1.29 is 37.2 Å². The van der Waals surface area contributed by atoms with Crippen LogP contribution in [0.25, 0.3) is 0 Å². The molecule has 2 amide bonds. The Kier molecular flexibility index (Phi) is 31.8. The van der Waals surface area contributed by atoms with Gasteiger partial charge in [-0.1, -0.05) is 224 Å². The highest BCUT2D eigenvalue weighted by Crippen LogP contribution is 2.42. The van der Waals surface area contributed by atoms with Crippen molar-refractivity contribution in [3.63, 3.8) is 0 Å². The molecule has 0 aliphatic carbocycles. The van der Waals surface area contributed by atoms with Crippen molar-refractivity contribution >= 4 is 50.9 Å². The largest absolute Gasteiger partial charge is 0.414 e. The fourth-order valence-corrected chi connectivity index (χ4v) is 13.9. The number of carbonyl (C=O) groups excluding carboxylic acids is 3. The molecule has 0 fully saturated rings. The predicted molar refractivity (Wildman–Crippen MR) is 391 cm³/mol. The van der Waals surface area contributed by atoms with Gasteiger partial charge >= 0.3 is 0 Å². The first-order valence-corrected chi connectivity index (χ1v) is 45.8. The van der Waals surface area contributed by atoms with E-state index in [0.29, 0.717) is 45.7 Å². The highest BCUT2D eigenvalue weighted by atomic mass is 28.4. The molecule has 4 aromatic carbocycles. The summed E-state index contributed by atoms with van der Waals surface area (Å²) < 4.78 is 27.0. The third kappa shape index (κ3) is 28.0. The first-order chi connectivity index (χ1) is 41.5. The van der Waals surface area contributed by atoms with Gasteiger partial charge < -0.3 is 33.4 Å². The van der Waals surface area contributed by atoms with Crippen LogP contribution >= 0.6 is 0 Å². The lowest BCUT2D eigenvalue weighted by Crippen LogP contribution is -2.59. The van der Waals surface area contributed by atoms with Crippen LogP contribution in [0.4, 0.5) is 0 Å². The molecule has 90 heavy (non-hydrogen) atoms. The number of carbonyl (C=O) groups is 3. The van der Waals surface area contributed by atoms with Gasteiger partial charge in [0.25, 0.3) is 0 Å². The lowest BCUT2D eigenvalue weighted by atomic mass is 9.92. The van der Waals surface area contributed by atoms with Crippen molar-refractivity contribution in [2.45, 2.75) is 289 Å². The highest BCUT2D eigenvalue weighted by molar-refractivity contribution is 6.75. The van der Waals surface area contributed by atoms with Crippen molar-refractivity contribution in [2.24, 2.45) is 0 Å². The van der Waals surface area contributed by atoms with E-state index in [9.17, 15) is 19.5 Å². The Bertz CT molecular complexity index is 2660. The molecule has 0 aliphatic rings. The minimum atomic E-state index is -2.07. The zero-order chi connectivity index (χ0) is 67.9. The van der Waals surface area contributed by atoms with E-state index in [2.05, 4.69) is 243 Å². The molecule has 4 rings (SSSR count). The van der Waals surface area contributed by atoms with Crippen LogP contribution in [0.2, 0.25) is 72.5 Å². The molecular weight excluding hydrogens is 1180 g/mol. The predicted octanol–water partition coefficient (Wildman–Crippen LogP) is 19.7. The second kappa shape index (κ2) is 35.6. The third-order valence-electron chi connectivity index (χ3n) is 20.4. The molecule has 0 saturated heterocycles. The van der Waals surface area contributed by atoms with Gasteiger partial charge in [0.1, 0.15) is 0 Å². The molecule has 14 heteroatoms. The number of unbranched alkanes of at least 4 members (excludes halogenated alkanes) is 6. The van der Waals surface area contributed by atoms with Crippen LogP contribution in [0.1, 0.15) is 218 Å². The maximum atomic E-state index is 12.9. The zero-order valence-corrected chi connectivity index (χ0v) is 64.9. The molecule has 0 radical (unpaired) electrons. The lowest BCUT2D eigenvalue weighted by Gasteiger charge is -2.44. The van der Waals surface area contributed by atoms with Gasteiger partial charge in [-0.2, -0.15) is 0 Å². The molecular formula is C76H128N2O8Si4. The van der Waals surface area contributed by atoms with E-state index in [1.807, 2.05) is 12.1 Å². The molecule has 0 aliphatic heterocycles. The van der Waals surface area contributed by atoms with Crippen LogP contribution in [0.15, 0.2) is 109 Å². The van der Waals surface area contributed by atoms with E-state index in [-0.39, 0.29) is 37.8 Å². The van der Waals surface area contributed by atoms with Crippen molar-refractivity contribution in [3.05, 3.63) is 143 Å². The first kappa shape index (κ1) is 80.4. The van der Waals surface area contributed by atoms with Crippen molar-refractivity contribution in [3.8, 4) is 0 Å². The van der Waals surface area contributed by atoms with Crippen LogP contribution in [0, 0.1) is 0 Å². The maximum absolute atomic E-state index is 12.9. The van der Waals surface area contributed by atoms with E-state index in [4.69, 9.17) is 17.7 Å². The smallest absolute Gasteiger partial charge is 0.217 e. The van der Waals surface area contributed by atoms with Gasteiger partial charge in [0.15, 0.2) is 39.1 Å². The molecule has 1 unspecified atom stereocenters. The number of aliphatic hydroxyl groups excluding tert-OH is 1. The van der Waals surface area contributed by atoms with E-state index in [0.717, 1.165) is 87.3 Å².